The molecule has 0 rings (SSSR count). The fourth-order valence-corrected chi connectivity index (χ4v) is 2.98. The number of hydrogen-bond acceptors (Lipinski definition) is 4. The maximum absolute atomic E-state index is 11.7. The van der Waals surface area contributed by atoms with E-state index in [0.717, 1.165) is 32.5 Å². The van der Waals surface area contributed by atoms with Gasteiger partial charge in [0.1, 0.15) is 6.61 Å². The number of rotatable bonds is 19. The first-order chi connectivity index (χ1) is 12.6. The fourth-order valence-electron chi connectivity index (χ4n) is 2.98. The topological polar surface area (TPSA) is 32.8 Å². The number of unbranched alkanes of at least 4 members (excludes halogenated alkanes) is 11. The van der Waals surface area contributed by atoms with E-state index >= 15 is 0 Å². The summed E-state index contributed by atoms with van der Waals surface area (Å²) in [7, 11) is 6.22. The zero-order valence-electron chi connectivity index (χ0n) is 18.2. The number of carbonyl (C=O) groups is 1. The van der Waals surface area contributed by atoms with Crippen molar-refractivity contribution in [3.05, 3.63) is 0 Å². The van der Waals surface area contributed by atoms with Crippen LogP contribution in [0.25, 0.3) is 0 Å². The van der Waals surface area contributed by atoms with Crippen LogP contribution in [-0.2, 0) is 9.53 Å². The van der Waals surface area contributed by atoms with Gasteiger partial charge in [0.15, 0.2) is 0 Å². The van der Waals surface area contributed by atoms with E-state index in [1.807, 2.05) is 0 Å². The predicted octanol–water partition coefficient (Wildman–Crippen LogP) is 5.11. The van der Waals surface area contributed by atoms with Crippen LogP contribution in [0.4, 0.5) is 0 Å². The first-order valence-corrected chi connectivity index (χ1v) is 11.0. The zero-order chi connectivity index (χ0) is 19.5. The van der Waals surface area contributed by atoms with Gasteiger partial charge in [-0.25, -0.2) is 0 Å². The standard InChI is InChI=1S/C22H46N2O2/c1-5-6-7-8-9-10-11-12-13-14-15-16-17-22(25)26-21-20-24(4)19-18-23(2)3/h5-21H2,1-4H3. The summed E-state index contributed by atoms with van der Waals surface area (Å²) in [6.45, 7) is 5.64. The SMILES string of the molecule is CCCCCCCCCCCCCCC(=O)OCCN(C)CCN(C)C. The molecule has 0 aliphatic rings. The molecule has 4 nitrogen and oxygen atoms in total. The van der Waals surface area contributed by atoms with Gasteiger partial charge < -0.3 is 14.5 Å². The Bertz CT molecular complexity index is 309. The van der Waals surface area contributed by atoms with E-state index in [1.54, 1.807) is 0 Å². The summed E-state index contributed by atoms with van der Waals surface area (Å²) in [5.74, 6) is -0.0295. The van der Waals surface area contributed by atoms with Crippen LogP contribution in [0, 0.1) is 0 Å². The van der Waals surface area contributed by atoms with E-state index in [-0.39, 0.29) is 5.97 Å². The minimum Gasteiger partial charge on any atom is -0.464 e. The zero-order valence-corrected chi connectivity index (χ0v) is 18.2. The predicted molar refractivity (Wildman–Crippen MR) is 113 cm³/mol. The molecule has 0 unspecified atom stereocenters. The summed E-state index contributed by atoms with van der Waals surface area (Å²) in [6, 6.07) is 0. The molecule has 0 radical (unpaired) electrons. The van der Waals surface area contributed by atoms with Gasteiger partial charge in [-0.2, -0.15) is 0 Å². The van der Waals surface area contributed by atoms with E-state index in [0.29, 0.717) is 13.0 Å². The average molecular weight is 371 g/mol. The maximum atomic E-state index is 11.7. The van der Waals surface area contributed by atoms with Crippen molar-refractivity contribution in [3.63, 3.8) is 0 Å². The second-order valence-electron chi connectivity index (χ2n) is 7.97. The summed E-state index contributed by atoms with van der Waals surface area (Å²) in [5, 5.41) is 0. The normalized spacial score (nSPS) is 11.5. The highest BCUT2D eigenvalue weighted by molar-refractivity contribution is 5.69. The van der Waals surface area contributed by atoms with E-state index in [4.69, 9.17) is 4.74 Å². The molecule has 0 heterocycles. The quantitative estimate of drug-likeness (QED) is 0.233. The smallest absolute Gasteiger partial charge is 0.305 e. The minimum atomic E-state index is -0.0295. The molecular formula is C22H46N2O2. The third kappa shape index (κ3) is 19.7. The molecule has 0 aliphatic carbocycles. The summed E-state index contributed by atoms with van der Waals surface area (Å²) in [5.41, 5.74) is 0. The Morgan fingerprint density at radius 2 is 1.19 bits per heavy atom. The Balaban J connectivity index is 3.26. The van der Waals surface area contributed by atoms with Crippen molar-refractivity contribution >= 4 is 5.97 Å². The molecule has 0 aliphatic heterocycles. The van der Waals surface area contributed by atoms with Crippen LogP contribution in [0.5, 0.6) is 0 Å². The molecule has 0 amide bonds. The summed E-state index contributed by atoms with van der Waals surface area (Å²) in [6.07, 6.45) is 16.4. The van der Waals surface area contributed by atoms with Crippen molar-refractivity contribution < 1.29 is 9.53 Å². The largest absolute Gasteiger partial charge is 0.464 e. The highest BCUT2D eigenvalue weighted by Gasteiger charge is 2.04. The first kappa shape index (κ1) is 25.4. The molecule has 0 spiro atoms. The molecule has 0 fully saturated rings. The Kier molecular flexibility index (Phi) is 18.7. The van der Waals surface area contributed by atoms with Gasteiger partial charge in [0.25, 0.3) is 0 Å². The number of hydrogen-bond donors (Lipinski definition) is 0. The van der Waals surface area contributed by atoms with Crippen LogP contribution in [0.3, 0.4) is 0 Å². The molecule has 0 aromatic carbocycles. The average Bonchev–Trinajstić information content (AvgIpc) is 2.61. The van der Waals surface area contributed by atoms with Gasteiger partial charge in [0.2, 0.25) is 0 Å². The van der Waals surface area contributed by atoms with Crippen molar-refractivity contribution in [3.8, 4) is 0 Å². The van der Waals surface area contributed by atoms with Crippen molar-refractivity contribution in [2.45, 2.75) is 90.4 Å². The molecule has 0 aromatic heterocycles. The number of esters is 1. The molecular weight excluding hydrogens is 324 g/mol. The number of likely N-dealkylation sites (N-methyl/N-ethyl adjacent to an activating group) is 2. The van der Waals surface area contributed by atoms with Crippen LogP contribution in [-0.4, -0.2) is 63.2 Å². The maximum Gasteiger partial charge on any atom is 0.305 e. The Hall–Kier alpha value is -0.610. The fraction of sp³-hybridized carbons (Fsp3) is 0.955. The van der Waals surface area contributed by atoms with E-state index in [1.165, 1.54) is 64.2 Å². The number of ether oxygens (including phenoxy) is 1. The Morgan fingerprint density at radius 1 is 0.692 bits per heavy atom. The van der Waals surface area contributed by atoms with Gasteiger partial charge in [-0.05, 0) is 27.6 Å². The summed E-state index contributed by atoms with van der Waals surface area (Å²) < 4.78 is 5.33. The van der Waals surface area contributed by atoms with Crippen LogP contribution in [0.2, 0.25) is 0 Å². The van der Waals surface area contributed by atoms with E-state index < -0.39 is 0 Å². The van der Waals surface area contributed by atoms with Crippen molar-refractivity contribution in [1.29, 1.82) is 0 Å². The second kappa shape index (κ2) is 19.2. The van der Waals surface area contributed by atoms with Crippen molar-refractivity contribution in [2.75, 3.05) is 47.4 Å². The van der Waals surface area contributed by atoms with Crippen LogP contribution in [0.1, 0.15) is 90.4 Å². The molecule has 0 aromatic rings. The van der Waals surface area contributed by atoms with Gasteiger partial charge in [-0.15, -0.1) is 0 Å². The lowest BCUT2D eigenvalue weighted by atomic mass is 10.0. The van der Waals surface area contributed by atoms with Gasteiger partial charge in [0.05, 0.1) is 0 Å². The summed E-state index contributed by atoms with van der Waals surface area (Å²) >= 11 is 0. The molecule has 26 heavy (non-hydrogen) atoms. The molecule has 0 N–H and O–H groups in total. The van der Waals surface area contributed by atoms with Crippen LogP contribution >= 0.6 is 0 Å². The third-order valence-corrected chi connectivity index (χ3v) is 4.90. The van der Waals surface area contributed by atoms with Gasteiger partial charge in [-0.3, -0.25) is 4.79 Å². The van der Waals surface area contributed by atoms with Crippen LogP contribution < -0.4 is 0 Å². The van der Waals surface area contributed by atoms with Crippen molar-refractivity contribution in [2.24, 2.45) is 0 Å². The highest BCUT2D eigenvalue weighted by atomic mass is 16.5. The molecule has 0 atom stereocenters. The van der Waals surface area contributed by atoms with Crippen molar-refractivity contribution in [1.82, 2.24) is 9.80 Å². The van der Waals surface area contributed by atoms with Crippen LogP contribution in [0.15, 0.2) is 0 Å². The second-order valence-corrected chi connectivity index (χ2v) is 7.97. The monoisotopic (exact) mass is 370 g/mol. The lowest BCUT2D eigenvalue weighted by molar-refractivity contribution is -0.144. The minimum absolute atomic E-state index is 0.0295. The van der Waals surface area contributed by atoms with E-state index in [9.17, 15) is 4.79 Å². The first-order valence-electron chi connectivity index (χ1n) is 11.0. The van der Waals surface area contributed by atoms with Gasteiger partial charge in [-0.1, -0.05) is 77.6 Å². The Labute approximate surface area is 163 Å². The Morgan fingerprint density at radius 3 is 1.69 bits per heavy atom. The molecule has 0 saturated heterocycles. The third-order valence-electron chi connectivity index (χ3n) is 4.90. The summed E-state index contributed by atoms with van der Waals surface area (Å²) in [4.78, 5) is 16.1. The highest BCUT2D eigenvalue weighted by Crippen LogP contribution is 2.12. The number of nitrogens with zero attached hydrogens (tertiary/aromatic N) is 2. The lowest BCUT2D eigenvalue weighted by Gasteiger charge is -2.18. The molecule has 4 heteroatoms. The molecule has 156 valence electrons. The molecule has 0 saturated carbocycles. The van der Waals surface area contributed by atoms with Gasteiger partial charge >= 0.3 is 5.97 Å². The number of carbonyl (C=O) groups excluding carboxylic acids is 1. The van der Waals surface area contributed by atoms with E-state index in [2.05, 4.69) is 37.9 Å². The molecule has 0 bridgehead atoms. The van der Waals surface area contributed by atoms with Gasteiger partial charge in [0, 0.05) is 26.1 Å². The lowest BCUT2D eigenvalue weighted by Crippen LogP contribution is -2.31.